The molecule has 182 valence electrons. The van der Waals surface area contributed by atoms with Crippen LogP contribution in [0.1, 0.15) is 21.5 Å². The van der Waals surface area contributed by atoms with E-state index >= 15 is 0 Å². The number of aromatic amines is 1. The predicted octanol–water partition coefficient (Wildman–Crippen LogP) is 6.18. The molecule has 0 bridgehead atoms. The Morgan fingerprint density at radius 1 is 1.11 bits per heavy atom. The molecule has 36 heavy (non-hydrogen) atoms. The minimum Gasteiger partial charge on any atom is -0.348 e. The van der Waals surface area contributed by atoms with Crippen molar-refractivity contribution in [3.05, 3.63) is 93.2 Å². The summed E-state index contributed by atoms with van der Waals surface area (Å²) in [7, 11) is 0. The van der Waals surface area contributed by atoms with Crippen molar-refractivity contribution in [1.29, 1.82) is 0 Å². The first-order valence-electron chi connectivity index (χ1n) is 10.5. The van der Waals surface area contributed by atoms with Crippen LogP contribution < -0.4 is 5.32 Å². The van der Waals surface area contributed by atoms with Crippen LogP contribution >= 0.6 is 27.5 Å². The SMILES string of the molecule is O=C(NCc1ccc(C(F)(F)F)cc1)c1cccc2[nH]c(-c3cc(Br)nn3-c3ncccc3Cl)nc12. The summed E-state index contributed by atoms with van der Waals surface area (Å²) in [4.78, 5) is 25.1. The van der Waals surface area contributed by atoms with Crippen LogP contribution in [0.15, 0.2) is 71.5 Å². The number of nitrogens with zero attached hydrogens (tertiary/aromatic N) is 4. The van der Waals surface area contributed by atoms with E-state index in [1.807, 2.05) is 0 Å². The number of alkyl halides is 3. The highest BCUT2D eigenvalue weighted by molar-refractivity contribution is 9.10. The molecule has 2 aromatic carbocycles. The normalized spacial score (nSPS) is 11.7. The van der Waals surface area contributed by atoms with Gasteiger partial charge in [-0.25, -0.2) is 14.6 Å². The summed E-state index contributed by atoms with van der Waals surface area (Å²) < 4.78 is 40.4. The van der Waals surface area contributed by atoms with Gasteiger partial charge in [0.2, 0.25) is 0 Å². The van der Waals surface area contributed by atoms with E-state index in [0.29, 0.717) is 49.1 Å². The Bertz CT molecular complexity index is 1580. The van der Waals surface area contributed by atoms with E-state index in [1.165, 1.54) is 16.8 Å². The minimum atomic E-state index is -4.41. The van der Waals surface area contributed by atoms with Gasteiger partial charge >= 0.3 is 6.18 Å². The van der Waals surface area contributed by atoms with Gasteiger partial charge in [0, 0.05) is 18.8 Å². The lowest BCUT2D eigenvalue weighted by molar-refractivity contribution is -0.137. The lowest BCUT2D eigenvalue weighted by Gasteiger charge is -2.09. The molecule has 0 unspecified atom stereocenters. The van der Waals surface area contributed by atoms with Crippen molar-refractivity contribution in [3.63, 3.8) is 0 Å². The molecule has 3 heterocycles. The molecule has 0 saturated heterocycles. The summed E-state index contributed by atoms with van der Waals surface area (Å²) in [6.07, 6.45) is -2.82. The number of benzene rings is 2. The van der Waals surface area contributed by atoms with Gasteiger partial charge in [-0.15, -0.1) is 0 Å². The smallest absolute Gasteiger partial charge is 0.348 e. The van der Waals surface area contributed by atoms with Gasteiger partial charge in [0.25, 0.3) is 5.91 Å². The number of fused-ring (bicyclic) bond motifs is 1. The number of carbonyl (C=O) groups excluding carboxylic acids is 1. The number of amides is 1. The van der Waals surface area contributed by atoms with Crippen molar-refractivity contribution in [3.8, 4) is 17.3 Å². The molecule has 2 N–H and O–H groups in total. The van der Waals surface area contributed by atoms with Crippen LogP contribution in [0.3, 0.4) is 0 Å². The molecule has 0 atom stereocenters. The molecule has 0 aliphatic carbocycles. The van der Waals surface area contributed by atoms with Gasteiger partial charge in [-0.2, -0.15) is 18.3 Å². The first kappa shape index (κ1) is 24.0. The Balaban J connectivity index is 1.43. The standard InChI is InChI=1S/C24H15BrClF3N6O/c25-19-11-18(35(34-19)22-16(26)4-2-10-30-22)21-32-17-5-1-3-15(20(17)33-21)23(36)31-12-13-6-8-14(9-7-13)24(27,28)29/h1-11H,12H2,(H,31,36)(H,32,33). The van der Waals surface area contributed by atoms with E-state index in [1.54, 1.807) is 42.6 Å². The van der Waals surface area contributed by atoms with Crippen LogP contribution in [-0.4, -0.2) is 30.6 Å². The van der Waals surface area contributed by atoms with Gasteiger partial charge in [-0.3, -0.25) is 4.79 Å². The Hall–Kier alpha value is -3.70. The Morgan fingerprint density at radius 3 is 2.61 bits per heavy atom. The van der Waals surface area contributed by atoms with Crippen LogP contribution in [0.4, 0.5) is 13.2 Å². The lowest BCUT2D eigenvalue weighted by atomic mass is 10.1. The molecule has 12 heteroatoms. The molecule has 3 aromatic heterocycles. The maximum Gasteiger partial charge on any atom is 0.416 e. The molecule has 7 nitrogen and oxygen atoms in total. The number of aromatic nitrogens is 5. The molecule has 5 rings (SSSR count). The zero-order valence-corrected chi connectivity index (χ0v) is 20.5. The molecule has 1 amide bonds. The average molecular weight is 576 g/mol. The predicted molar refractivity (Wildman–Crippen MR) is 132 cm³/mol. The summed E-state index contributed by atoms with van der Waals surface area (Å²) >= 11 is 9.68. The minimum absolute atomic E-state index is 0.0581. The number of hydrogen-bond donors (Lipinski definition) is 2. The fourth-order valence-corrected chi connectivity index (χ4v) is 4.22. The zero-order valence-electron chi connectivity index (χ0n) is 18.1. The van der Waals surface area contributed by atoms with Crippen molar-refractivity contribution >= 4 is 44.5 Å². The highest BCUT2D eigenvalue weighted by Crippen LogP contribution is 2.30. The van der Waals surface area contributed by atoms with Gasteiger partial charge in [0.1, 0.15) is 15.8 Å². The van der Waals surface area contributed by atoms with Gasteiger partial charge in [-0.1, -0.05) is 29.8 Å². The number of pyridine rings is 1. The second-order valence-corrected chi connectivity index (χ2v) is 8.96. The van der Waals surface area contributed by atoms with Gasteiger partial charge in [0.05, 0.1) is 21.7 Å². The van der Waals surface area contributed by atoms with E-state index in [9.17, 15) is 18.0 Å². The number of rotatable bonds is 5. The van der Waals surface area contributed by atoms with Crippen LogP contribution in [0.25, 0.3) is 28.4 Å². The highest BCUT2D eigenvalue weighted by atomic mass is 79.9. The van der Waals surface area contributed by atoms with E-state index < -0.39 is 17.6 Å². The van der Waals surface area contributed by atoms with Crippen LogP contribution in [0.5, 0.6) is 0 Å². The van der Waals surface area contributed by atoms with Crippen molar-refractivity contribution in [1.82, 2.24) is 30.0 Å². The van der Waals surface area contributed by atoms with E-state index in [-0.39, 0.29) is 6.54 Å². The molecule has 0 spiro atoms. The number of imidazole rings is 1. The Morgan fingerprint density at radius 2 is 1.89 bits per heavy atom. The largest absolute Gasteiger partial charge is 0.416 e. The summed E-state index contributed by atoms with van der Waals surface area (Å²) in [6.45, 7) is 0.0581. The molecule has 0 saturated carbocycles. The van der Waals surface area contributed by atoms with Gasteiger partial charge in [-0.05, 0) is 57.9 Å². The third-order valence-electron chi connectivity index (χ3n) is 5.35. The summed E-state index contributed by atoms with van der Waals surface area (Å²) in [5, 5.41) is 7.54. The van der Waals surface area contributed by atoms with E-state index in [2.05, 4.69) is 41.3 Å². The van der Waals surface area contributed by atoms with Crippen LogP contribution in [0.2, 0.25) is 5.02 Å². The highest BCUT2D eigenvalue weighted by Gasteiger charge is 2.30. The van der Waals surface area contributed by atoms with Crippen LogP contribution in [0, 0.1) is 0 Å². The second kappa shape index (κ2) is 9.40. The van der Waals surface area contributed by atoms with Gasteiger partial charge < -0.3 is 10.3 Å². The molecular weight excluding hydrogens is 561 g/mol. The number of carbonyl (C=O) groups is 1. The maximum absolute atomic E-state index is 12.9. The Labute approximate surface area is 215 Å². The van der Waals surface area contributed by atoms with Crippen molar-refractivity contribution < 1.29 is 18.0 Å². The van der Waals surface area contributed by atoms with Crippen molar-refractivity contribution in [2.75, 3.05) is 0 Å². The van der Waals surface area contributed by atoms with E-state index in [0.717, 1.165) is 12.1 Å². The Kier molecular flexibility index (Phi) is 6.27. The fourth-order valence-electron chi connectivity index (χ4n) is 3.64. The lowest BCUT2D eigenvalue weighted by Crippen LogP contribution is -2.23. The van der Waals surface area contributed by atoms with Crippen molar-refractivity contribution in [2.24, 2.45) is 0 Å². The number of para-hydroxylation sites is 1. The van der Waals surface area contributed by atoms with Crippen molar-refractivity contribution in [2.45, 2.75) is 12.7 Å². The number of halogens is 5. The molecule has 0 fully saturated rings. The average Bonchev–Trinajstić information content (AvgIpc) is 3.45. The monoisotopic (exact) mass is 574 g/mol. The summed E-state index contributed by atoms with van der Waals surface area (Å²) in [6, 6.07) is 14.9. The van der Waals surface area contributed by atoms with Crippen LogP contribution in [-0.2, 0) is 12.7 Å². The number of H-pyrrole nitrogens is 1. The quantitative estimate of drug-likeness (QED) is 0.262. The number of hydrogen-bond acceptors (Lipinski definition) is 4. The second-order valence-electron chi connectivity index (χ2n) is 7.74. The molecular formula is C24H15BrClF3N6O. The fraction of sp³-hybridized carbons (Fsp3) is 0.0833. The van der Waals surface area contributed by atoms with Gasteiger partial charge in [0.15, 0.2) is 11.6 Å². The third-order valence-corrected chi connectivity index (χ3v) is 6.04. The zero-order chi connectivity index (χ0) is 25.4. The molecule has 5 aromatic rings. The first-order chi connectivity index (χ1) is 17.2. The maximum atomic E-state index is 12.9. The topological polar surface area (TPSA) is 88.5 Å². The summed E-state index contributed by atoms with van der Waals surface area (Å²) in [5.74, 6) is 0.434. The van der Waals surface area contributed by atoms with E-state index in [4.69, 9.17) is 11.6 Å². The molecule has 0 aliphatic rings. The summed E-state index contributed by atoms with van der Waals surface area (Å²) in [5.41, 5.74) is 1.70. The molecule has 0 aliphatic heterocycles. The molecule has 0 radical (unpaired) electrons. The number of nitrogens with one attached hydrogen (secondary N) is 2. The third kappa shape index (κ3) is 4.71. The first-order valence-corrected chi connectivity index (χ1v) is 11.7.